The molecule has 0 radical (unpaired) electrons. The number of thiazole rings is 1. The van der Waals surface area contributed by atoms with Crippen LogP contribution in [0.25, 0.3) is 0 Å². The van der Waals surface area contributed by atoms with E-state index in [4.69, 9.17) is 9.47 Å². The molecule has 31 heavy (non-hydrogen) atoms. The summed E-state index contributed by atoms with van der Waals surface area (Å²) in [4.78, 5) is 33.5. The number of anilines is 1. The van der Waals surface area contributed by atoms with Crippen molar-refractivity contribution >= 4 is 44.1 Å². The molecular formula is C23H23BrN2O4S. The van der Waals surface area contributed by atoms with E-state index in [1.807, 2.05) is 29.6 Å². The smallest absolute Gasteiger partial charge is 0.296 e. The highest BCUT2D eigenvalue weighted by Gasteiger charge is 2.53. The predicted octanol–water partition coefficient (Wildman–Crippen LogP) is 4.81. The lowest BCUT2D eigenvalue weighted by molar-refractivity contribution is -0.131. The number of nitrogens with zero attached hydrogens (tertiary/aromatic N) is 2. The van der Waals surface area contributed by atoms with Crippen LogP contribution in [-0.4, -0.2) is 34.2 Å². The average Bonchev–Trinajstić information content (AvgIpc) is 3.40. The molecule has 4 atom stereocenters. The van der Waals surface area contributed by atoms with E-state index < -0.39 is 6.04 Å². The lowest BCUT2D eigenvalue weighted by Gasteiger charge is -2.37. The summed E-state index contributed by atoms with van der Waals surface area (Å²) in [6.45, 7) is 2.66. The molecule has 8 heteroatoms. The molecule has 0 N–H and O–H groups in total. The van der Waals surface area contributed by atoms with Crippen molar-refractivity contribution < 1.29 is 19.1 Å². The number of fused-ring (bicyclic) bond motifs is 1. The van der Waals surface area contributed by atoms with Gasteiger partial charge in [0.1, 0.15) is 11.9 Å². The number of hydrogen-bond donors (Lipinski definition) is 0. The predicted molar refractivity (Wildman–Crippen MR) is 122 cm³/mol. The number of aromatic nitrogens is 1. The van der Waals surface area contributed by atoms with Crippen LogP contribution in [0.5, 0.6) is 5.75 Å². The lowest BCUT2D eigenvalue weighted by atomic mass is 9.77. The fourth-order valence-electron chi connectivity index (χ4n) is 4.66. The van der Waals surface area contributed by atoms with Crippen LogP contribution in [0.2, 0.25) is 0 Å². The molecule has 2 aliphatic heterocycles. The number of halogens is 1. The highest BCUT2D eigenvalue weighted by molar-refractivity contribution is 9.09. The molecule has 3 heterocycles. The van der Waals surface area contributed by atoms with E-state index in [1.54, 1.807) is 11.1 Å². The molecule has 6 nitrogen and oxygen atoms in total. The van der Waals surface area contributed by atoms with E-state index in [0.29, 0.717) is 22.1 Å². The van der Waals surface area contributed by atoms with Crippen LogP contribution in [0.3, 0.4) is 0 Å². The fourth-order valence-corrected chi connectivity index (χ4v) is 5.99. The van der Waals surface area contributed by atoms with Crippen molar-refractivity contribution in [3.05, 3.63) is 52.7 Å². The summed E-state index contributed by atoms with van der Waals surface area (Å²) in [7, 11) is 0. The van der Waals surface area contributed by atoms with Gasteiger partial charge in [0.05, 0.1) is 24.1 Å². The van der Waals surface area contributed by atoms with Crippen LogP contribution in [0.1, 0.15) is 44.2 Å². The normalized spacial score (nSPS) is 27.7. The Labute approximate surface area is 193 Å². The van der Waals surface area contributed by atoms with Gasteiger partial charge in [0.25, 0.3) is 5.91 Å². The molecule has 1 saturated carbocycles. The molecule has 1 aliphatic carbocycles. The van der Waals surface area contributed by atoms with Gasteiger partial charge in [0, 0.05) is 16.4 Å². The molecule has 1 fully saturated rings. The monoisotopic (exact) mass is 502 g/mol. The lowest BCUT2D eigenvalue weighted by Crippen LogP contribution is -2.41. The van der Waals surface area contributed by atoms with Crippen LogP contribution in [0.15, 0.2) is 47.2 Å². The largest absolute Gasteiger partial charge is 0.494 e. The van der Waals surface area contributed by atoms with E-state index in [2.05, 4.69) is 27.8 Å². The Bertz CT molecular complexity index is 1040. The first-order chi connectivity index (χ1) is 15.1. The minimum absolute atomic E-state index is 0.0210. The van der Waals surface area contributed by atoms with E-state index in [9.17, 15) is 9.59 Å². The third-order valence-electron chi connectivity index (χ3n) is 6.06. The first-order valence-corrected chi connectivity index (χ1v) is 12.4. The molecule has 1 aromatic heterocycles. The van der Waals surface area contributed by atoms with Crippen molar-refractivity contribution in [3.8, 4) is 5.75 Å². The third kappa shape index (κ3) is 3.59. The molecule has 1 aromatic carbocycles. The molecule has 0 saturated heterocycles. The van der Waals surface area contributed by atoms with Crippen LogP contribution in [-0.2, 0) is 14.3 Å². The minimum Gasteiger partial charge on any atom is -0.494 e. The molecule has 0 spiro atoms. The SMILES string of the molecule is CCCOc1cccc(C2C3=C(OC4CCC(Br)CC4C3=O)C(=O)N2c2nccs2)c1. The van der Waals surface area contributed by atoms with Gasteiger partial charge in [-0.25, -0.2) is 4.98 Å². The number of ketones is 1. The summed E-state index contributed by atoms with van der Waals surface area (Å²) in [5.41, 5.74) is 1.28. The Kier molecular flexibility index (Phi) is 5.60. The maximum Gasteiger partial charge on any atom is 0.296 e. The summed E-state index contributed by atoms with van der Waals surface area (Å²) in [6, 6.07) is 7.07. The number of Topliss-reactive ketones (excluding diaryl/α,β-unsaturated/α-hetero) is 1. The Balaban J connectivity index is 1.60. The zero-order chi connectivity index (χ0) is 21.5. The Morgan fingerprint density at radius 2 is 2.19 bits per heavy atom. The van der Waals surface area contributed by atoms with Gasteiger partial charge in [-0.05, 0) is 43.4 Å². The number of carbonyl (C=O) groups is 2. The quantitative estimate of drug-likeness (QED) is 0.549. The maximum absolute atomic E-state index is 13.7. The summed E-state index contributed by atoms with van der Waals surface area (Å²) < 4.78 is 12.0. The summed E-state index contributed by atoms with van der Waals surface area (Å²) in [5.74, 6) is 0.415. The van der Waals surface area contributed by atoms with Gasteiger partial charge in [-0.1, -0.05) is 35.0 Å². The van der Waals surface area contributed by atoms with Crippen LogP contribution >= 0.6 is 27.3 Å². The summed E-state index contributed by atoms with van der Waals surface area (Å²) in [6.07, 6.45) is 4.74. The molecule has 4 unspecified atom stereocenters. The van der Waals surface area contributed by atoms with Gasteiger partial charge >= 0.3 is 0 Å². The van der Waals surface area contributed by atoms with Gasteiger partial charge in [-0.15, -0.1) is 11.3 Å². The molecule has 0 bridgehead atoms. The van der Waals surface area contributed by atoms with E-state index in [1.165, 1.54) is 11.3 Å². The Morgan fingerprint density at radius 1 is 1.32 bits per heavy atom. The summed E-state index contributed by atoms with van der Waals surface area (Å²) >= 11 is 5.05. The number of amides is 1. The molecule has 5 rings (SSSR count). The topological polar surface area (TPSA) is 68.7 Å². The molecule has 162 valence electrons. The highest BCUT2D eigenvalue weighted by Crippen LogP contribution is 2.49. The van der Waals surface area contributed by atoms with Gasteiger partial charge in [-0.3, -0.25) is 14.5 Å². The Morgan fingerprint density at radius 3 is 2.97 bits per heavy atom. The van der Waals surface area contributed by atoms with Crippen molar-refractivity contribution in [1.29, 1.82) is 0 Å². The first-order valence-electron chi connectivity index (χ1n) is 10.6. The number of carbonyl (C=O) groups excluding carboxylic acids is 2. The zero-order valence-corrected chi connectivity index (χ0v) is 19.5. The number of ether oxygens (including phenoxy) is 2. The van der Waals surface area contributed by atoms with Gasteiger partial charge in [0.2, 0.25) is 0 Å². The number of benzene rings is 1. The molecule has 3 aliphatic rings. The minimum atomic E-state index is -0.567. The van der Waals surface area contributed by atoms with Crippen molar-refractivity contribution in [2.45, 2.75) is 49.6 Å². The molecule has 2 aromatic rings. The zero-order valence-electron chi connectivity index (χ0n) is 17.1. The van der Waals surface area contributed by atoms with Crippen molar-refractivity contribution in [1.82, 2.24) is 4.98 Å². The second-order valence-electron chi connectivity index (χ2n) is 8.09. The number of alkyl halides is 1. The van der Waals surface area contributed by atoms with E-state index >= 15 is 0 Å². The van der Waals surface area contributed by atoms with Crippen molar-refractivity contribution in [2.75, 3.05) is 11.5 Å². The summed E-state index contributed by atoms with van der Waals surface area (Å²) in [5, 5.41) is 2.39. The van der Waals surface area contributed by atoms with Gasteiger partial charge in [-0.2, -0.15) is 0 Å². The highest BCUT2D eigenvalue weighted by atomic mass is 79.9. The van der Waals surface area contributed by atoms with Gasteiger partial charge in [0.15, 0.2) is 16.7 Å². The van der Waals surface area contributed by atoms with E-state index in [-0.39, 0.29) is 29.5 Å². The van der Waals surface area contributed by atoms with Crippen LogP contribution in [0, 0.1) is 5.92 Å². The molecule has 1 amide bonds. The Hall–Kier alpha value is -2.19. The number of rotatable bonds is 5. The molecular weight excluding hydrogens is 480 g/mol. The van der Waals surface area contributed by atoms with E-state index in [0.717, 1.165) is 37.0 Å². The first kappa shape index (κ1) is 20.7. The van der Waals surface area contributed by atoms with Crippen molar-refractivity contribution in [2.24, 2.45) is 5.92 Å². The van der Waals surface area contributed by atoms with Crippen LogP contribution in [0.4, 0.5) is 5.13 Å². The van der Waals surface area contributed by atoms with Gasteiger partial charge < -0.3 is 9.47 Å². The van der Waals surface area contributed by atoms with Crippen molar-refractivity contribution in [3.63, 3.8) is 0 Å². The number of hydrogen-bond acceptors (Lipinski definition) is 6. The average molecular weight is 503 g/mol. The maximum atomic E-state index is 13.7. The second-order valence-corrected chi connectivity index (χ2v) is 10.3. The third-order valence-corrected chi connectivity index (χ3v) is 7.66. The second kappa shape index (κ2) is 8.39. The standard InChI is InChI=1S/C23H23BrN2O4S/c1-2-9-29-15-5-3-4-13(11-15)19-18-20(27)16-12-14(24)6-7-17(16)30-21(18)22(28)26(19)23-25-8-10-31-23/h3-5,8,10-11,14,16-17,19H,2,6-7,9,12H2,1H3. The van der Waals surface area contributed by atoms with Crippen LogP contribution < -0.4 is 9.64 Å². The fraction of sp³-hybridized carbons (Fsp3) is 0.435.